The molecule has 9 nitrogen and oxygen atoms in total. The summed E-state index contributed by atoms with van der Waals surface area (Å²) in [5.41, 5.74) is 5.22. The molecule has 0 saturated heterocycles. The van der Waals surface area contributed by atoms with Crippen molar-refractivity contribution in [2.75, 3.05) is 0 Å². The van der Waals surface area contributed by atoms with Gasteiger partial charge < -0.3 is 0 Å². The number of halogens is 2. The van der Waals surface area contributed by atoms with Crippen LogP contribution in [0.4, 0.5) is 4.39 Å². The molecule has 2 aromatic carbocycles. The van der Waals surface area contributed by atoms with Gasteiger partial charge in [-0.15, -0.1) is 0 Å². The molecule has 3 N–H and O–H groups in total. The van der Waals surface area contributed by atoms with Crippen LogP contribution in [0.5, 0.6) is 0 Å². The summed E-state index contributed by atoms with van der Waals surface area (Å²) >= 11 is 6.33. The molecule has 0 bridgehead atoms. The van der Waals surface area contributed by atoms with Crippen LogP contribution >= 0.6 is 11.6 Å². The van der Waals surface area contributed by atoms with E-state index in [1.165, 1.54) is 16.8 Å². The molecular weight excluding hydrogens is 439 g/mol. The first kappa shape index (κ1) is 21.2. The molecule has 0 aliphatic heterocycles. The summed E-state index contributed by atoms with van der Waals surface area (Å²) in [6.45, 7) is 1.83. The molecule has 2 amide bonds. The number of hydrogen-bond acceptors (Lipinski definition) is 5. The number of benzene rings is 2. The molecule has 0 saturated carbocycles. The number of nitrogens with zero attached hydrogens (tertiary/aromatic N) is 3. The largest absolute Gasteiger partial charge is 0.290 e. The van der Waals surface area contributed by atoms with Crippen molar-refractivity contribution in [2.45, 2.75) is 13.5 Å². The number of aromatic amines is 1. The van der Waals surface area contributed by atoms with Gasteiger partial charge in [-0.1, -0.05) is 41.9 Å². The van der Waals surface area contributed by atoms with Gasteiger partial charge in [0.2, 0.25) is 0 Å². The van der Waals surface area contributed by atoms with Crippen LogP contribution in [-0.4, -0.2) is 31.8 Å². The van der Waals surface area contributed by atoms with Crippen LogP contribution in [0, 0.1) is 12.7 Å². The lowest BCUT2D eigenvalue weighted by atomic mass is 10.1. The number of amides is 2. The summed E-state index contributed by atoms with van der Waals surface area (Å²) in [4.78, 5) is 37.1. The molecule has 0 unspecified atom stereocenters. The third-order valence-corrected chi connectivity index (χ3v) is 5.12. The summed E-state index contributed by atoms with van der Waals surface area (Å²) in [7, 11) is 0. The average molecular weight is 455 g/mol. The zero-order valence-electron chi connectivity index (χ0n) is 16.6. The minimum atomic E-state index is -0.724. The van der Waals surface area contributed by atoms with E-state index in [0.29, 0.717) is 16.5 Å². The predicted molar refractivity (Wildman–Crippen MR) is 115 cm³/mol. The molecule has 4 rings (SSSR count). The Morgan fingerprint density at radius 2 is 1.72 bits per heavy atom. The fourth-order valence-electron chi connectivity index (χ4n) is 3.20. The van der Waals surface area contributed by atoms with Crippen LogP contribution in [0.25, 0.3) is 10.8 Å². The Bertz CT molecular complexity index is 1400. The summed E-state index contributed by atoms with van der Waals surface area (Å²) in [6.07, 6.45) is 0. The number of fused-ring (bicyclic) bond motifs is 1. The van der Waals surface area contributed by atoms with E-state index in [-0.39, 0.29) is 28.8 Å². The molecule has 2 heterocycles. The number of hydrazine groups is 1. The van der Waals surface area contributed by atoms with Crippen LogP contribution < -0.4 is 16.4 Å². The van der Waals surface area contributed by atoms with Gasteiger partial charge in [0.25, 0.3) is 17.4 Å². The Kier molecular flexibility index (Phi) is 5.69. The predicted octanol–water partition coefficient (Wildman–Crippen LogP) is 2.34. The maximum atomic E-state index is 13.1. The zero-order valence-corrected chi connectivity index (χ0v) is 17.4. The number of hydrogen-bond donors (Lipinski definition) is 3. The second-order valence-electron chi connectivity index (χ2n) is 6.89. The number of nitrogens with one attached hydrogen (secondary N) is 3. The molecule has 11 heteroatoms. The summed E-state index contributed by atoms with van der Waals surface area (Å²) in [6, 6.07) is 12.3. The Morgan fingerprint density at radius 1 is 1.06 bits per heavy atom. The minimum Gasteiger partial charge on any atom is -0.267 e. The highest BCUT2D eigenvalue weighted by Gasteiger charge is 2.22. The highest BCUT2D eigenvalue weighted by molar-refractivity contribution is 6.33. The maximum absolute atomic E-state index is 13.1. The first-order valence-electron chi connectivity index (χ1n) is 9.40. The van der Waals surface area contributed by atoms with Gasteiger partial charge >= 0.3 is 0 Å². The molecule has 0 fully saturated rings. The van der Waals surface area contributed by atoms with E-state index in [4.69, 9.17) is 11.6 Å². The lowest BCUT2D eigenvalue weighted by Crippen LogP contribution is -2.42. The molecule has 4 aromatic rings. The lowest BCUT2D eigenvalue weighted by Gasteiger charge is -2.08. The van der Waals surface area contributed by atoms with Gasteiger partial charge in [-0.05, 0) is 30.7 Å². The van der Waals surface area contributed by atoms with Crippen LogP contribution in [0.1, 0.15) is 32.1 Å². The highest BCUT2D eigenvalue weighted by atomic mass is 35.5. The molecule has 0 aliphatic carbocycles. The summed E-state index contributed by atoms with van der Waals surface area (Å²) in [5, 5.41) is 11.0. The SMILES string of the molecule is Cc1nn(Cc2ccc(F)cc2)c(Cl)c1C(=O)NNC(=O)c1n[nH]c(=O)c2ccccc12. The topological polar surface area (TPSA) is 122 Å². The number of H-pyrrole nitrogens is 1. The molecular formula is C21H16ClFN6O3. The van der Waals surface area contributed by atoms with Gasteiger partial charge in [-0.3, -0.25) is 25.2 Å². The van der Waals surface area contributed by atoms with Gasteiger partial charge in [0, 0.05) is 5.39 Å². The number of aryl methyl sites for hydroxylation is 1. The van der Waals surface area contributed by atoms with Crippen molar-refractivity contribution >= 4 is 34.2 Å². The fraction of sp³-hybridized carbons (Fsp3) is 0.0952. The fourth-order valence-corrected chi connectivity index (χ4v) is 3.52. The van der Waals surface area contributed by atoms with Crippen LogP contribution in [-0.2, 0) is 6.54 Å². The molecule has 2 aromatic heterocycles. The number of carbonyl (C=O) groups excluding carboxylic acids is 2. The molecule has 0 radical (unpaired) electrons. The highest BCUT2D eigenvalue weighted by Crippen LogP contribution is 2.21. The van der Waals surface area contributed by atoms with Crippen molar-refractivity contribution in [3.63, 3.8) is 0 Å². The minimum absolute atomic E-state index is 0.0599. The maximum Gasteiger partial charge on any atom is 0.290 e. The quantitative estimate of drug-likeness (QED) is 0.409. The van der Waals surface area contributed by atoms with Crippen molar-refractivity contribution in [2.24, 2.45) is 0 Å². The molecule has 0 aliphatic rings. The van der Waals surface area contributed by atoms with Gasteiger partial charge in [0.15, 0.2) is 5.69 Å². The molecule has 0 atom stereocenters. The second kappa shape index (κ2) is 8.60. The Morgan fingerprint density at radius 3 is 2.44 bits per heavy atom. The van der Waals surface area contributed by atoms with Crippen molar-refractivity contribution in [3.8, 4) is 0 Å². The average Bonchev–Trinajstić information content (AvgIpc) is 3.06. The third-order valence-electron chi connectivity index (χ3n) is 4.74. The van der Waals surface area contributed by atoms with Crippen molar-refractivity contribution < 1.29 is 14.0 Å². The normalized spacial score (nSPS) is 10.8. The van der Waals surface area contributed by atoms with E-state index in [1.54, 1.807) is 43.3 Å². The van der Waals surface area contributed by atoms with Crippen molar-refractivity contribution in [1.82, 2.24) is 30.8 Å². The third kappa shape index (κ3) is 4.08. The summed E-state index contributed by atoms with van der Waals surface area (Å²) < 4.78 is 14.5. The van der Waals surface area contributed by atoms with E-state index in [0.717, 1.165) is 5.56 Å². The van der Waals surface area contributed by atoms with Gasteiger partial charge in [0.05, 0.1) is 17.6 Å². The number of rotatable bonds is 4. The monoisotopic (exact) mass is 454 g/mol. The second-order valence-corrected chi connectivity index (χ2v) is 7.25. The van der Waals surface area contributed by atoms with E-state index < -0.39 is 17.4 Å². The smallest absolute Gasteiger partial charge is 0.267 e. The van der Waals surface area contributed by atoms with Crippen molar-refractivity contribution in [1.29, 1.82) is 0 Å². The Balaban J connectivity index is 1.51. The molecule has 0 spiro atoms. The van der Waals surface area contributed by atoms with Crippen LogP contribution in [0.15, 0.2) is 53.3 Å². The van der Waals surface area contributed by atoms with Crippen LogP contribution in [0.2, 0.25) is 5.15 Å². The van der Waals surface area contributed by atoms with E-state index in [2.05, 4.69) is 26.1 Å². The number of aromatic nitrogens is 4. The first-order valence-corrected chi connectivity index (χ1v) is 9.78. The number of carbonyl (C=O) groups is 2. The Labute approximate surface area is 185 Å². The van der Waals surface area contributed by atoms with E-state index >= 15 is 0 Å². The van der Waals surface area contributed by atoms with E-state index in [1.807, 2.05) is 0 Å². The lowest BCUT2D eigenvalue weighted by molar-refractivity contribution is 0.0844. The van der Waals surface area contributed by atoms with Gasteiger partial charge in [-0.25, -0.2) is 14.2 Å². The molecule has 162 valence electrons. The first-order chi connectivity index (χ1) is 15.3. The molecule has 32 heavy (non-hydrogen) atoms. The summed E-state index contributed by atoms with van der Waals surface area (Å²) in [5.74, 6) is -1.77. The van der Waals surface area contributed by atoms with Gasteiger partial charge in [0.1, 0.15) is 16.5 Å². The van der Waals surface area contributed by atoms with Gasteiger partial charge in [-0.2, -0.15) is 10.2 Å². The van der Waals surface area contributed by atoms with Crippen LogP contribution in [0.3, 0.4) is 0 Å². The zero-order chi connectivity index (χ0) is 22.8. The van der Waals surface area contributed by atoms with Crippen molar-refractivity contribution in [3.05, 3.63) is 92.4 Å². The standard InChI is InChI=1S/C21H16ClFN6O3/c1-11-16(18(22)29(28-11)10-12-6-8-13(23)9-7-12)20(31)26-27-21(32)17-14-4-2-3-5-15(14)19(30)25-24-17/h2-9H,10H2,1H3,(H,25,30)(H,26,31)(H,27,32). The Hall–Kier alpha value is -4.05. The van der Waals surface area contributed by atoms with E-state index in [9.17, 15) is 18.8 Å².